The third kappa shape index (κ3) is 3.48. The van der Waals surface area contributed by atoms with E-state index in [9.17, 15) is 0 Å². The second-order valence-electron chi connectivity index (χ2n) is 4.07. The number of amidine groups is 1. The van der Waals surface area contributed by atoms with Crippen LogP contribution >= 0.6 is 0 Å². The van der Waals surface area contributed by atoms with E-state index >= 15 is 0 Å². The molecule has 3 heteroatoms. The number of terminal acetylenes is 1. The molecule has 0 aliphatic carbocycles. The lowest BCUT2D eigenvalue weighted by atomic mass is 10.1. The van der Waals surface area contributed by atoms with Crippen LogP contribution in [-0.2, 0) is 0 Å². The fraction of sp³-hybridized carbons (Fsp3) is 0.188. The topological polar surface area (TPSA) is 27.6 Å². The van der Waals surface area contributed by atoms with Gasteiger partial charge in [0.2, 0.25) is 0 Å². The van der Waals surface area contributed by atoms with Gasteiger partial charge in [-0.25, -0.2) is 5.43 Å². The maximum atomic E-state index is 5.20. The van der Waals surface area contributed by atoms with Gasteiger partial charge in [-0.3, -0.25) is 5.01 Å². The number of hydrogen-bond donors (Lipinski definition) is 1. The minimum atomic E-state index is 0.541. The Balaban J connectivity index is 2.07. The highest BCUT2D eigenvalue weighted by Crippen LogP contribution is 2.04. The summed E-state index contributed by atoms with van der Waals surface area (Å²) >= 11 is 0. The maximum Gasteiger partial charge on any atom is 0.153 e. The molecule has 19 heavy (non-hydrogen) atoms. The molecule has 1 aromatic rings. The lowest BCUT2D eigenvalue weighted by Gasteiger charge is -2.24. The predicted octanol–water partition coefficient (Wildman–Crippen LogP) is 1.71. The lowest BCUT2D eigenvalue weighted by molar-refractivity contribution is 0.355. The summed E-state index contributed by atoms with van der Waals surface area (Å²) in [7, 11) is 0. The van der Waals surface area contributed by atoms with Crippen molar-refractivity contribution in [2.75, 3.05) is 13.1 Å². The highest BCUT2D eigenvalue weighted by Gasteiger charge is 2.09. The molecule has 3 nitrogen and oxygen atoms in total. The monoisotopic (exact) mass is 249 g/mol. The summed E-state index contributed by atoms with van der Waals surface area (Å²) in [6, 6.07) is 10.4. The zero-order valence-electron chi connectivity index (χ0n) is 10.9. The highest BCUT2D eigenvalue weighted by atomic mass is 15.5. The van der Waals surface area contributed by atoms with E-state index in [1.165, 1.54) is 5.56 Å². The van der Waals surface area contributed by atoms with Crippen molar-refractivity contribution in [3.05, 3.63) is 47.5 Å². The van der Waals surface area contributed by atoms with Crippen molar-refractivity contribution >= 4 is 5.84 Å². The van der Waals surface area contributed by atoms with Gasteiger partial charge in [-0.2, -0.15) is 4.99 Å². The van der Waals surface area contributed by atoms with Crippen molar-refractivity contribution in [1.29, 1.82) is 0 Å². The minimum absolute atomic E-state index is 0.541. The first kappa shape index (κ1) is 13.0. The van der Waals surface area contributed by atoms with Gasteiger partial charge in [0.25, 0.3) is 0 Å². The molecule has 1 aromatic carbocycles. The highest BCUT2D eigenvalue weighted by molar-refractivity contribution is 5.94. The summed E-state index contributed by atoms with van der Waals surface area (Å²) in [5.41, 5.74) is 5.40. The van der Waals surface area contributed by atoms with Crippen LogP contribution in [0.3, 0.4) is 0 Å². The van der Waals surface area contributed by atoms with Crippen LogP contribution in [0.1, 0.15) is 11.1 Å². The smallest absolute Gasteiger partial charge is 0.153 e. The predicted molar refractivity (Wildman–Crippen MR) is 78.2 cm³/mol. The first-order chi connectivity index (χ1) is 9.31. The Morgan fingerprint density at radius 3 is 3.05 bits per heavy atom. The second-order valence-corrected chi connectivity index (χ2v) is 4.07. The van der Waals surface area contributed by atoms with Gasteiger partial charge in [0, 0.05) is 18.2 Å². The molecular formula is C16H15N3. The quantitative estimate of drug-likeness (QED) is 0.767. The number of hydrazine groups is 1. The molecule has 0 spiro atoms. The number of rotatable bonds is 1. The van der Waals surface area contributed by atoms with Crippen molar-refractivity contribution in [3.63, 3.8) is 0 Å². The fourth-order valence-corrected chi connectivity index (χ4v) is 1.73. The van der Waals surface area contributed by atoms with Crippen LogP contribution in [0.15, 0.2) is 41.4 Å². The number of aliphatic imine (C=N–C) groups is 1. The van der Waals surface area contributed by atoms with E-state index < -0.39 is 0 Å². The van der Waals surface area contributed by atoms with Gasteiger partial charge < -0.3 is 0 Å². The van der Waals surface area contributed by atoms with Gasteiger partial charge >= 0.3 is 0 Å². The summed E-state index contributed by atoms with van der Waals surface area (Å²) in [5, 5.41) is 1.85. The van der Waals surface area contributed by atoms with E-state index in [0.717, 1.165) is 12.1 Å². The van der Waals surface area contributed by atoms with E-state index in [0.29, 0.717) is 12.4 Å². The number of nitrogens with zero attached hydrogens (tertiary/aromatic N) is 2. The molecule has 0 amide bonds. The summed E-state index contributed by atoms with van der Waals surface area (Å²) in [5.74, 6) is 7.01. The van der Waals surface area contributed by atoms with Crippen LogP contribution in [0, 0.1) is 31.2 Å². The third-order valence-electron chi connectivity index (χ3n) is 2.73. The van der Waals surface area contributed by atoms with Crippen LogP contribution in [0.5, 0.6) is 0 Å². The molecule has 0 atom stereocenters. The molecule has 1 heterocycles. The van der Waals surface area contributed by atoms with Crippen molar-refractivity contribution in [2.24, 2.45) is 4.99 Å². The van der Waals surface area contributed by atoms with Crippen molar-refractivity contribution in [1.82, 2.24) is 10.4 Å². The summed E-state index contributed by atoms with van der Waals surface area (Å²) in [6.07, 6.45) is 9.07. The molecule has 1 aliphatic heterocycles. The summed E-state index contributed by atoms with van der Waals surface area (Å²) < 4.78 is 0. The van der Waals surface area contributed by atoms with Crippen LogP contribution < -0.4 is 5.43 Å². The number of hydrogen-bond acceptors (Lipinski definition) is 2. The fourth-order valence-electron chi connectivity index (χ4n) is 1.73. The minimum Gasteiger partial charge on any atom is -0.279 e. The van der Waals surface area contributed by atoms with Crippen molar-refractivity contribution in [2.45, 2.75) is 6.92 Å². The molecular weight excluding hydrogens is 234 g/mol. The van der Waals surface area contributed by atoms with Gasteiger partial charge in [0.1, 0.15) is 0 Å². The molecule has 0 bridgehead atoms. The molecule has 0 fully saturated rings. The van der Waals surface area contributed by atoms with E-state index in [2.05, 4.69) is 41.3 Å². The van der Waals surface area contributed by atoms with Gasteiger partial charge in [-0.05, 0) is 24.6 Å². The van der Waals surface area contributed by atoms with Crippen molar-refractivity contribution < 1.29 is 0 Å². The Hall–Kier alpha value is -2.49. The average Bonchev–Trinajstić information content (AvgIpc) is 2.43. The molecule has 0 unspecified atom stereocenters. The van der Waals surface area contributed by atoms with Gasteiger partial charge in [0.05, 0.1) is 6.54 Å². The Labute approximate surface area is 114 Å². The van der Waals surface area contributed by atoms with Gasteiger partial charge in [-0.15, -0.1) is 0 Å². The molecule has 1 aliphatic rings. The Bertz CT molecular complexity index is 609. The van der Waals surface area contributed by atoms with E-state index in [4.69, 9.17) is 6.42 Å². The maximum absolute atomic E-state index is 5.20. The molecule has 0 saturated carbocycles. The SMILES string of the molecule is C#CN=C1C=CCNN1CC#Cc1ccccc1C. The standard InChI is InChI=1S/C16H15N3/c1-3-17-16-11-6-12-18-19(16)13-7-10-15-9-5-4-8-14(15)2/h1,4-6,8-9,11,18H,12-13H2,2H3. The van der Waals surface area contributed by atoms with Crippen LogP contribution in [0.4, 0.5) is 0 Å². The molecule has 0 saturated heterocycles. The summed E-state index contributed by atoms with van der Waals surface area (Å²) in [6.45, 7) is 3.35. The molecule has 0 aromatic heterocycles. The average molecular weight is 249 g/mol. The first-order valence-electron chi connectivity index (χ1n) is 6.06. The van der Waals surface area contributed by atoms with E-state index in [1.54, 1.807) is 0 Å². The Morgan fingerprint density at radius 1 is 1.42 bits per heavy atom. The second kappa shape index (κ2) is 6.44. The summed E-state index contributed by atoms with van der Waals surface area (Å²) in [4.78, 5) is 3.96. The third-order valence-corrected chi connectivity index (χ3v) is 2.73. The lowest BCUT2D eigenvalue weighted by Crippen LogP contribution is -2.44. The Morgan fingerprint density at radius 2 is 2.26 bits per heavy atom. The largest absolute Gasteiger partial charge is 0.279 e. The normalized spacial score (nSPS) is 15.8. The van der Waals surface area contributed by atoms with E-state index in [-0.39, 0.29) is 0 Å². The number of aryl methyl sites for hydroxylation is 1. The zero-order chi connectivity index (χ0) is 13.5. The molecule has 2 rings (SSSR count). The van der Waals surface area contributed by atoms with Gasteiger partial charge in [0.15, 0.2) is 5.84 Å². The molecule has 94 valence electrons. The van der Waals surface area contributed by atoms with Crippen LogP contribution in [0.25, 0.3) is 0 Å². The van der Waals surface area contributed by atoms with Crippen LogP contribution in [-0.4, -0.2) is 23.9 Å². The Kier molecular flexibility index (Phi) is 4.39. The van der Waals surface area contributed by atoms with E-state index in [1.807, 2.05) is 35.4 Å². The van der Waals surface area contributed by atoms with Crippen molar-refractivity contribution in [3.8, 4) is 24.3 Å². The number of benzene rings is 1. The molecule has 1 N–H and O–H groups in total. The number of nitrogens with one attached hydrogen (secondary N) is 1. The zero-order valence-corrected chi connectivity index (χ0v) is 10.9. The van der Waals surface area contributed by atoms with Crippen LogP contribution in [0.2, 0.25) is 0 Å². The first-order valence-corrected chi connectivity index (χ1v) is 6.06. The molecule has 0 radical (unpaired) electrons. The van der Waals surface area contributed by atoms with Gasteiger partial charge in [-0.1, -0.05) is 42.5 Å².